The minimum atomic E-state index is -4.78. The van der Waals surface area contributed by atoms with Gasteiger partial charge in [-0.05, 0) is 41.3 Å². The van der Waals surface area contributed by atoms with Crippen molar-refractivity contribution < 1.29 is 37.0 Å². The Labute approximate surface area is 222 Å². The van der Waals surface area contributed by atoms with Crippen LogP contribution in [0, 0.1) is 15.5 Å². The van der Waals surface area contributed by atoms with Crippen molar-refractivity contribution >= 4 is 11.5 Å². The largest absolute Gasteiger partial charge is 0.573 e. The fourth-order valence-electron chi connectivity index (χ4n) is 4.66. The van der Waals surface area contributed by atoms with E-state index in [0.717, 1.165) is 5.69 Å². The van der Waals surface area contributed by atoms with Crippen LogP contribution in [0.4, 0.5) is 24.7 Å². The smallest absolute Gasteiger partial charge is 0.493 e. The Morgan fingerprint density at radius 2 is 1.82 bits per heavy atom. The van der Waals surface area contributed by atoms with Gasteiger partial charge in [-0.2, -0.15) is 0 Å². The number of ether oxygens (including phenoxy) is 4. The first-order chi connectivity index (χ1) is 18.6. The van der Waals surface area contributed by atoms with Crippen molar-refractivity contribution in [1.82, 2.24) is 9.55 Å². The number of hydrogen-bond acceptors (Lipinski definition) is 8. The maximum Gasteiger partial charge on any atom is 0.573 e. The monoisotopic (exact) mass is 548 g/mol. The normalized spacial score (nSPS) is 19.6. The Balaban J connectivity index is 1.11. The van der Waals surface area contributed by atoms with Gasteiger partial charge in [-0.3, -0.25) is 4.57 Å². The van der Waals surface area contributed by atoms with E-state index in [-0.39, 0.29) is 29.4 Å². The SMILES string of the molecule is C[C@@]1(COc2ccc(N3CCC(Oc4ccccc4OC(F)(F)F)CC3)cc2)COc2nc([N+](=O)[O-])cn2C1. The Morgan fingerprint density at radius 1 is 1.13 bits per heavy atom. The lowest BCUT2D eigenvalue weighted by molar-refractivity contribution is -0.389. The lowest BCUT2D eigenvalue weighted by Crippen LogP contribution is -2.40. The highest BCUT2D eigenvalue weighted by Gasteiger charge is 2.37. The summed E-state index contributed by atoms with van der Waals surface area (Å²) in [6, 6.07) is 13.7. The minimum Gasteiger partial charge on any atom is -0.493 e. The number of para-hydroxylation sites is 2. The number of anilines is 1. The Morgan fingerprint density at radius 3 is 2.49 bits per heavy atom. The van der Waals surface area contributed by atoms with Gasteiger partial charge in [0.05, 0.1) is 12.0 Å². The second-order valence-electron chi connectivity index (χ2n) is 9.95. The maximum absolute atomic E-state index is 12.7. The number of hydrogen-bond donors (Lipinski definition) is 0. The van der Waals surface area contributed by atoms with Crippen LogP contribution in [0.1, 0.15) is 19.8 Å². The van der Waals surface area contributed by atoms with Crippen molar-refractivity contribution in [2.75, 3.05) is 31.2 Å². The maximum atomic E-state index is 12.7. The lowest BCUT2D eigenvalue weighted by atomic mass is 9.92. The number of benzene rings is 2. The highest BCUT2D eigenvalue weighted by Crippen LogP contribution is 2.35. The van der Waals surface area contributed by atoms with Crippen molar-refractivity contribution in [2.24, 2.45) is 5.41 Å². The van der Waals surface area contributed by atoms with E-state index in [0.29, 0.717) is 51.4 Å². The molecule has 13 heteroatoms. The summed E-state index contributed by atoms with van der Waals surface area (Å²) in [6.45, 7) is 4.49. The number of fused-ring (bicyclic) bond motifs is 1. The molecule has 3 aromatic rings. The molecule has 0 bridgehead atoms. The van der Waals surface area contributed by atoms with E-state index in [9.17, 15) is 23.3 Å². The summed E-state index contributed by atoms with van der Waals surface area (Å²) in [4.78, 5) is 16.5. The van der Waals surface area contributed by atoms with E-state index in [1.54, 1.807) is 10.6 Å². The van der Waals surface area contributed by atoms with Gasteiger partial charge >= 0.3 is 18.2 Å². The molecule has 0 spiro atoms. The zero-order valence-electron chi connectivity index (χ0n) is 21.1. The van der Waals surface area contributed by atoms with Gasteiger partial charge in [0.25, 0.3) is 0 Å². The molecule has 0 saturated carbocycles. The Bertz CT molecular complexity index is 1310. The predicted octanol–water partition coefficient (Wildman–Crippen LogP) is 5.22. The molecule has 3 heterocycles. The van der Waals surface area contributed by atoms with Gasteiger partial charge in [-0.15, -0.1) is 13.2 Å². The molecule has 208 valence electrons. The quantitative estimate of drug-likeness (QED) is 0.279. The van der Waals surface area contributed by atoms with Crippen LogP contribution in [0.5, 0.6) is 23.3 Å². The first-order valence-electron chi connectivity index (χ1n) is 12.4. The second-order valence-corrected chi connectivity index (χ2v) is 9.95. The van der Waals surface area contributed by atoms with E-state index >= 15 is 0 Å². The third-order valence-corrected chi connectivity index (χ3v) is 6.62. The third-order valence-electron chi connectivity index (χ3n) is 6.62. The van der Waals surface area contributed by atoms with Crippen molar-refractivity contribution in [1.29, 1.82) is 0 Å². The molecule has 10 nitrogen and oxygen atoms in total. The Kier molecular flexibility index (Phi) is 7.15. The molecule has 39 heavy (non-hydrogen) atoms. The molecule has 2 aromatic carbocycles. The van der Waals surface area contributed by atoms with E-state index in [4.69, 9.17) is 14.2 Å². The average Bonchev–Trinajstić information content (AvgIpc) is 3.32. The van der Waals surface area contributed by atoms with Crippen LogP contribution >= 0.6 is 0 Å². The zero-order chi connectivity index (χ0) is 27.6. The van der Waals surface area contributed by atoms with E-state index < -0.39 is 16.7 Å². The van der Waals surface area contributed by atoms with Crippen molar-refractivity contribution in [3.63, 3.8) is 0 Å². The number of aromatic nitrogens is 2. The van der Waals surface area contributed by atoms with Crippen LogP contribution in [0.25, 0.3) is 0 Å². The van der Waals surface area contributed by atoms with Crippen LogP contribution in [-0.2, 0) is 6.54 Å². The van der Waals surface area contributed by atoms with Gasteiger partial charge in [-0.25, -0.2) is 0 Å². The number of rotatable bonds is 8. The summed E-state index contributed by atoms with van der Waals surface area (Å²) < 4.78 is 61.3. The predicted molar refractivity (Wildman–Crippen MR) is 133 cm³/mol. The van der Waals surface area contributed by atoms with Crippen molar-refractivity contribution in [3.05, 3.63) is 64.8 Å². The van der Waals surface area contributed by atoms with E-state index in [2.05, 4.69) is 14.6 Å². The molecule has 0 amide bonds. The summed E-state index contributed by atoms with van der Waals surface area (Å²) >= 11 is 0. The van der Waals surface area contributed by atoms with Gasteiger partial charge in [0.2, 0.25) is 0 Å². The van der Waals surface area contributed by atoms with E-state index in [1.165, 1.54) is 24.4 Å². The molecule has 1 saturated heterocycles. The molecule has 1 fully saturated rings. The molecule has 0 radical (unpaired) electrons. The lowest BCUT2D eigenvalue weighted by Gasteiger charge is -2.34. The molecular formula is C26H27F3N4O6. The summed E-state index contributed by atoms with van der Waals surface area (Å²) in [6.07, 6.45) is -2.35. The van der Waals surface area contributed by atoms with Gasteiger partial charge in [-0.1, -0.05) is 19.1 Å². The van der Waals surface area contributed by atoms with Crippen molar-refractivity contribution in [3.8, 4) is 23.3 Å². The summed E-state index contributed by atoms with van der Waals surface area (Å²) in [7, 11) is 0. The first kappa shape index (κ1) is 26.4. The molecule has 5 rings (SSSR count). The van der Waals surface area contributed by atoms with Crippen molar-refractivity contribution in [2.45, 2.75) is 38.8 Å². The zero-order valence-corrected chi connectivity index (χ0v) is 21.1. The van der Waals surface area contributed by atoms with Gasteiger partial charge in [0.1, 0.15) is 24.7 Å². The molecule has 2 aliphatic rings. The summed E-state index contributed by atoms with van der Waals surface area (Å²) in [5.74, 6) is 0.168. The van der Waals surface area contributed by atoms with Crippen LogP contribution in [0.15, 0.2) is 54.7 Å². The molecule has 1 aromatic heterocycles. The van der Waals surface area contributed by atoms with Gasteiger partial charge in [0.15, 0.2) is 11.5 Å². The van der Waals surface area contributed by atoms with Gasteiger partial charge < -0.3 is 34.0 Å². The highest BCUT2D eigenvalue weighted by atomic mass is 19.4. The number of halogens is 3. The minimum absolute atomic E-state index is 0.0781. The molecule has 0 unspecified atom stereocenters. The molecule has 2 aliphatic heterocycles. The number of imidazole rings is 1. The molecule has 0 N–H and O–H groups in total. The van der Waals surface area contributed by atoms with Crippen LogP contribution < -0.4 is 23.8 Å². The molecule has 1 atom stereocenters. The fraction of sp³-hybridized carbons (Fsp3) is 0.423. The summed E-state index contributed by atoms with van der Waals surface area (Å²) in [5, 5.41) is 11.0. The topological polar surface area (TPSA) is 101 Å². The second kappa shape index (κ2) is 10.5. The number of nitrogens with zero attached hydrogens (tertiary/aromatic N) is 4. The Hall–Kier alpha value is -4.16. The average molecular weight is 549 g/mol. The van der Waals surface area contributed by atoms with Gasteiger partial charge in [0, 0.05) is 43.1 Å². The third kappa shape index (κ3) is 6.47. The molecule has 0 aliphatic carbocycles. The highest BCUT2D eigenvalue weighted by molar-refractivity contribution is 5.49. The van der Waals surface area contributed by atoms with E-state index in [1.807, 2.05) is 31.2 Å². The molecular weight excluding hydrogens is 521 g/mol. The van der Waals surface area contributed by atoms with Crippen LogP contribution in [-0.4, -0.2) is 53.2 Å². The summed E-state index contributed by atoms with van der Waals surface area (Å²) in [5.41, 5.74) is 0.607. The number of piperidine rings is 1. The first-order valence-corrected chi connectivity index (χ1v) is 12.4. The van der Waals surface area contributed by atoms with Crippen LogP contribution in [0.2, 0.25) is 0 Å². The van der Waals surface area contributed by atoms with Crippen LogP contribution in [0.3, 0.4) is 0 Å². The number of alkyl halides is 3. The fourth-order valence-corrected chi connectivity index (χ4v) is 4.66. The standard InChI is InChI=1S/C26H27F3N4O6/c1-25(15-32-14-23(33(34)35)30-24(32)37-17-25)16-36-19-8-6-18(7-9-19)31-12-10-20(11-13-31)38-21-4-2-3-5-22(21)39-26(27,28)29/h2-9,14,20H,10-13,15-17H2,1H3/t25-/m1/s1. The number of nitro groups is 1.